The highest BCUT2D eigenvalue weighted by Gasteiger charge is 1.96. The third-order valence-electron chi connectivity index (χ3n) is 1.77. The molecule has 5 heteroatoms. The number of carbonyl (C=O) groups is 1. The molecule has 1 aromatic heterocycles. The van der Waals surface area contributed by atoms with E-state index in [2.05, 4.69) is 15.6 Å². The fourth-order valence-corrected chi connectivity index (χ4v) is 1.09. The Labute approximate surface area is 83.5 Å². The zero-order valence-corrected chi connectivity index (χ0v) is 8.36. The van der Waals surface area contributed by atoms with Gasteiger partial charge in [0, 0.05) is 32.0 Å². The quantitative estimate of drug-likeness (QED) is 0.609. The summed E-state index contributed by atoms with van der Waals surface area (Å²) in [6, 6.07) is 0. The molecule has 1 rings (SSSR count). The standard InChI is InChI=1S/C9H16N4O/c1-2-12-9(14)7-10-3-5-13-6-4-11-8-13/h4,6,8,10H,2-3,5,7H2,1H3,(H,12,14). The lowest BCUT2D eigenvalue weighted by Crippen LogP contribution is -2.34. The third kappa shape index (κ3) is 4.04. The number of carbonyl (C=O) groups excluding carboxylic acids is 1. The van der Waals surface area contributed by atoms with E-state index in [0.29, 0.717) is 13.1 Å². The van der Waals surface area contributed by atoms with Crippen LogP contribution >= 0.6 is 0 Å². The number of aromatic nitrogens is 2. The van der Waals surface area contributed by atoms with Gasteiger partial charge in [0.1, 0.15) is 0 Å². The maximum Gasteiger partial charge on any atom is 0.233 e. The minimum atomic E-state index is 0.0399. The van der Waals surface area contributed by atoms with Crippen LogP contribution < -0.4 is 10.6 Å². The highest BCUT2D eigenvalue weighted by Crippen LogP contribution is 1.82. The van der Waals surface area contributed by atoms with Crippen molar-refractivity contribution in [3.63, 3.8) is 0 Å². The summed E-state index contributed by atoms with van der Waals surface area (Å²) in [6.07, 6.45) is 5.39. The van der Waals surface area contributed by atoms with Crippen molar-refractivity contribution in [2.24, 2.45) is 0 Å². The van der Waals surface area contributed by atoms with Crippen LogP contribution in [0.15, 0.2) is 18.7 Å². The summed E-state index contributed by atoms with van der Waals surface area (Å²) >= 11 is 0. The molecule has 0 saturated carbocycles. The van der Waals surface area contributed by atoms with E-state index in [1.165, 1.54) is 0 Å². The Hall–Kier alpha value is -1.36. The Morgan fingerprint density at radius 2 is 2.43 bits per heavy atom. The molecular weight excluding hydrogens is 180 g/mol. The third-order valence-corrected chi connectivity index (χ3v) is 1.77. The zero-order chi connectivity index (χ0) is 10.2. The summed E-state index contributed by atoms with van der Waals surface area (Å²) in [5.74, 6) is 0.0399. The van der Waals surface area contributed by atoms with Gasteiger partial charge in [0.25, 0.3) is 0 Å². The van der Waals surface area contributed by atoms with Crippen LogP contribution in [0.4, 0.5) is 0 Å². The molecule has 0 radical (unpaired) electrons. The minimum absolute atomic E-state index is 0.0399. The van der Waals surface area contributed by atoms with Gasteiger partial charge in [-0.25, -0.2) is 4.98 Å². The monoisotopic (exact) mass is 196 g/mol. The summed E-state index contributed by atoms with van der Waals surface area (Å²) in [5, 5.41) is 5.77. The van der Waals surface area contributed by atoms with Crippen LogP contribution in [-0.4, -0.2) is 35.1 Å². The molecule has 0 atom stereocenters. The zero-order valence-electron chi connectivity index (χ0n) is 8.36. The van der Waals surface area contributed by atoms with Crippen molar-refractivity contribution in [1.82, 2.24) is 20.2 Å². The first-order valence-corrected chi connectivity index (χ1v) is 4.76. The summed E-state index contributed by atoms with van der Waals surface area (Å²) in [6.45, 7) is 4.57. The van der Waals surface area contributed by atoms with E-state index in [4.69, 9.17) is 0 Å². The highest BCUT2D eigenvalue weighted by atomic mass is 16.1. The Morgan fingerprint density at radius 1 is 1.57 bits per heavy atom. The Kier molecular flexibility index (Phi) is 4.71. The highest BCUT2D eigenvalue weighted by molar-refractivity contribution is 5.77. The van der Waals surface area contributed by atoms with Crippen molar-refractivity contribution in [2.45, 2.75) is 13.5 Å². The number of nitrogens with zero attached hydrogens (tertiary/aromatic N) is 2. The second kappa shape index (κ2) is 6.15. The second-order valence-electron chi connectivity index (χ2n) is 2.93. The van der Waals surface area contributed by atoms with Crippen molar-refractivity contribution in [3.05, 3.63) is 18.7 Å². The number of rotatable bonds is 6. The predicted molar refractivity (Wildman–Crippen MR) is 53.8 cm³/mol. The van der Waals surface area contributed by atoms with Gasteiger partial charge in [-0.2, -0.15) is 0 Å². The maximum atomic E-state index is 11.0. The number of hydrogen-bond acceptors (Lipinski definition) is 3. The summed E-state index contributed by atoms with van der Waals surface area (Å²) < 4.78 is 1.96. The summed E-state index contributed by atoms with van der Waals surface area (Å²) in [5.41, 5.74) is 0. The van der Waals surface area contributed by atoms with E-state index < -0.39 is 0 Å². The van der Waals surface area contributed by atoms with Gasteiger partial charge in [-0.15, -0.1) is 0 Å². The van der Waals surface area contributed by atoms with Crippen molar-refractivity contribution < 1.29 is 4.79 Å². The molecule has 2 N–H and O–H groups in total. The molecule has 1 aromatic rings. The van der Waals surface area contributed by atoms with E-state index >= 15 is 0 Å². The molecule has 0 fully saturated rings. The number of nitrogens with one attached hydrogen (secondary N) is 2. The van der Waals surface area contributed by atoms with Crippen LogP contribution in [-0.2, 0) is 11.3 Å². The molecule has 0 unspecified atom stereocenters. The summed E-state index contributed by atoms with van der Waals surface area (Å²) in [7, 11) is 0. The van der Waals surface area contributed by atoms with Gasteiger partial charge >= 0.3 is 0 Å². The lowest BCUT2D eigenvalue weighted by atomic mass is 10.5. The average molecular weight is 196 g/mol. The normalized spacial score (nSPS) is 10.1. The van der Waals surface area contributed by atoms with Gasteiger partial charge in [0.2, 0.25) is 5.91 Å². The smallest absolute Gasteiger partial charge is 0.233 e. The second-order valence-corrected chi connectivity index (χ2v) is 2.93. The molecule has 0 spiro atoms. The fourth-order valence-electron chi connectivity index (χ4n) is 1.09. The van der Waals surface area contributed by atoms with Crippen LogP contribution in [0, 0.1) is 0 Å². The first kappa shape index (κ1) is 10.7. The molecule has 0 aliphatic carbocycles. The van der Waals surface area contributed by atoms with Gasteiger partial charge in [-0.1, -0.05) is 0 Å². The van der Waals surface area contributed by atoms with Gasteiger partial charge in [-0.05, 0) is 6.92 Å². The summed E-state index contributed by atoms with van der Waals surface area (Å²) in [4.78, 5) is 14.9. The SMILES string of the molecule is CCNC(=O)CNCCn1ccnc1. The van der Waals surface area contributed by atoms with Gasteiger partial charge < -0.3 is 15.2 Å². The van der Waals surface area contributed by atoms with Gasteiger partial charge in [0.05, 0.1) is 12.9 Å². The van der Waals surface area contributed by atoms with E-state index in [1.807, 2.05) is 17.7 Å². The van der Waals surface area contributed by atoms with Crippen molar-refractivity contribution in [2.75, 3.05) is 19.6 Å². The molecule has 5 nitrogen and oxygen atoms in total. The lowest BCUT2D eigenvalue weighted by Gasteiger charge is -2.05. The number of hydrogen-bond donors (Lipinski definition) is 2. The van der Waals surface area contributed by atoms with Gasteiger partial charge in [-0.3, -0.25) is 4.79 Å². The fraction of sp³-hybridized carbons (Fsp3) is 0.556. The number of imidazole rings is 1. The van der Waals surface area contributed by atoms with Crippen molar-refractivity contribution in [3.8, 4) is 0 Å². The van der Waals surface area contributed by atoms with E-state index in [9.17, 15) is 4.79 Å². The molecule has 0 saturated heterocycles. The number of amides is 1. The van der Waals surface area contributed by atoms with E-state index in [-0.39, 0.29) is 5.91 Å². The molecular formula is C9H16N4O. The van der Waals surface area contributed by atoms with Crippen molar-refractivity contribution >= 4 is 5.91 Å². The number of likely N-dealkylation sites (N-methyl/N-ethyl adjacent to an activating group) is 1. The first-order chi connectivity index (χ1) is 6.83. The maximum absolute atomic E-state index is 11.0. The Bertz CT molecular complexity index is 258. The lowest BCUT2D eigenvalue weighted by molar-refractivity contribution is -0.120. The Morgan fingerprint density at radius 3 is 3.07 bits per heavy atom. The van der Waals surface area contributed by atoms with Crippen LogP contribution in [0.5, 0.6) is 0 Å². The minimum Gasteiger partial charge on any atom is -0.355 e. The van der Waals surface area contributed by atoms with Crippen LogP contribution in [0.2, 0.25) is 0 Å². The average Bonchev–Trinajstić information content (AvgIpc) is 2.65. The molecule has 0 aromatic carbocycles. The van der Waals surface area contributed by atoms with E-state index in [0.717, 1.165) is 13.1 Å². The predicted octanol–water partition coefficient (Wildman–Crippen LogP) is -0.391. The molecule has 0 bridgehead atoms. The first-order valence-electron chi connectivity index (χ1n) is 4.76. The molecule has 0 aliphatic heterocycles. The topological polar surface area (TPSA) is 59.0 Å². The molecule has 14 heavy (non-hydrogen) atoms. The van der Waals surface area contributed by atoms with Crippen LogP contribution in [0.25, 0.3) is 0 Å². The van der Waals surface area contributed by atoms with Crippen LogP contribution in [0.1, 0.15) is 6.92 Å². The van der Waals surface area contributed by atoms with Crippen LogP contribution in [0.3, 0.4) is 0 Å². The Balaban J connectivity index is 2.02. The molecule has 0 aliphatic rings. The largest absolute Gasteiger partial charge is 0.355 e. The van der Waals surface area contributed by atoms with Gasteiger partial charge in [0.15, 0.2) is 0 Å². The van der Waals surface area contributed by atoms with E-state index in [1.54, 1.807) is 12.5 Å². The molecule has 78 valence electrons. The molecule has 1 amide bonds. The van der Waals surface area contributed by atoms with Crippen molar-refractivity contribution in [1.29, 1.82) is 0 Å². The molecule has 1 heterocycles.